The number of aryl methyl sites for hydroxylation is 1. The van der Waals surface area contributed by atoms with Crippen molar-refractivity contribution in [1.29, 1.82) is 0 Å². The molecule has 180 valence electrons. The van der Waals surface area contributed by atoms with Crippen molar-refractivity contribution in [3.8, 4) is 11.1 Å². The highest BCUT2D eigenvalue weighted by Gasteiger charge is 2.41. The van der Waals surface area contributed by atoms with Crippen molar-refractivity contribution in [3.63, 3.8) is 0 Å². The van der Waals surface area contributed by atoms with Crippen molar-refractivity contribution in [2.75, 3.05) is 11.9 Å². The standard InChI is InChI=1S/C26H24Cl2F3NO2/c1-15-3-4-19(13-25(33)34)21(11-15)18-7-10-23(28)24(12-18)32-14-22(16(2)26(29,30)31)17-5-8-20(27)9-6-17/h3-12,16,22,32H,13-14H2,1-2H3,(H,33,34). The van der Waals surface area contributed by atoms with Crippen molar-refractivity contribution >= 4 is 34.9 Å². The van der Waals surface area contributed by atoms with E-state index in [1.165, 1.54) is 0 Å². The van der Waals surface area contributed by atoms with Gasteiger partial charge in [0.15, 0.2) is 0 Å². The lowest BCUT2D eigenvalue weighted by atomic mass is 9.86. The van der Waals surface area contributed by atoms with Gasteiger partial charge in [0.25, 0.3) is 0 Å². The predicted octanol–water partition coefficient (Wildman–Crippen LogP) is 7.99. The zero-order chi connectivity index (χ0) is 25.0. The number of carboxylic acids is 1. The highest BCUT2D eigenvalue weighted by molar-refractivity contribution is 6.33. The van der Waals surface area contributed by atoms with Crippen LogP contribution in [-0.4, -0.2) is 23.8 Å². The third-order valence-corrected chi connectivity index (χ3v) is 6.40. The van der Waals surface area contributed by atoms with Gasteiger partial charge in [-0.05, 0) is 53.4 Å². The Kier molecular flexibility index (Phi) is 8.16. The zero-order valence-corrected chi connectivity index (χ0v) is 20.1. The Labute approximate surface area is 206 Å². The number of aliphatic carboxylic acids is 1. The number of benzene rings is 3. The molecular formula is C26H24Cl2F3NO2. The van der Waals surface area contributed by atoms with Gasteiger partial charge >= 0.3 is 12.1 Å². The molecule has 3 aromatic rings. The van der Waals surface area contributed by atoms with Gasteiger partial charge in [0.2, 0.25) is 0 Å². The van der Waals surface area contributed by atoms with Crippen LogP contribution in [0, 0.1) is 12.8 Å². The summed E-state index contributed by atoms with van der Waals surface area (Å²) in [6.07, 6.45) is -4.53. The number of carboxylic acid groups (broad SMARTS) is 1. The minimum absolute atomic E-state index is 0.0126. The van der Waals surface area contributed by atoms with Crippen molar-refractivity contribution in [2.45, 2.75) is 32.4 Å². The fourth-order valence-electron chi connectivity index (χ4n) is 3.85. The van der Waals surface area contributed by atoms with Crippen molar-refractivity contribution < 1.29 is 23.1 Å². The molecule has 0 aliphatic rings. The van der Waals surface area contributed by atoms with E-state index in [0.29, 0.717) is 26.9 Å². The van der Waals surface area contributed by atoms with Crippen LogP contribution in [0.2, 0.25) is 10.0 Å². The molecule has 0 aliphatic carbocycles. The Morgan fingerprint density at radius 2 is 1.71 bits per heavy atom. The van der Waals surface area contributed by atoms with Crippen molar-refractivity contribution in [1.82, 2.24) is 0 Å². The lowest BCUT2D eigenvalue weighted by Crippen LogP contribution is -2.30. The SMILES string of the molecule is Cc1ccc(CC(=O)O)c(-c2ccc(Cl)c(NCC(c3ccc(Cl)cc3)C(C)C(F)(F)F)c2)c1. The van der Waals surface area contributed by atoms with E-state index in [1.807, 2.05) is 19.1 Å². The molecule has 0 radical (unpaired) electrons. The van der Waals surface area contributed by atoms with Gasteiger partial charge in [-0.25, -0.2) is 0 Å². The Bertz CT molecular complexity index is 1160. The summed E-state index contributed by atoms with van der Waals surface area (Å²) < 4.78 is 40.8. The quantitative estimate of drug-likeness (QED) is 0.323. The largest absolute Gasteiger partial charge is 0.481 e. The molecule has 0 heterocycles. The van der Waals surface area contributed by atoms with Gasteiger partial charge in [-0.2, -0.15) is 13.2 Å². The van der Waals surface area contributed by atoms with E-state index in [2.05, 4.69) is 5.32 Å². The van der Waals surface area contributed by atoms with E-state index in [0.717, 1.165) is 23.6 Å². The smallest absolute Gasteiger partial charge is 0.392 e. The fourth-order valence-corrected chi connectivity index (χ4v) is 4.16. The van der Waals surface area contributed by atoms with Gasteiger partial charge in [0.1, 0.15) is 0 Å². The van der Waals surface area contributed by atoms with Gasteiger partial charge in [-0.15, -0.1) is 0 Å². The first-order valence-electron chi connectivity index (χ1n) is 10.6. The maximum absolute atomic E-state index is 13.6. The molecule has 2 unspecified atom stereocenters. The van der Waals surface area contributed by atoms with Crippen molar-refractivity contribution in [2.24, 2.45) is 5.92 Å². The van der Waals surface area contributed by atoms with Gasteiger partial charge in [0, 0.05) is 17.5 Å². The van der Waals surface area contributed by atoms with Gasteiger partial charge < -0.3 is 10.4 Å². The third-order valence-electron chi connectivity index (χ3n) is 5.81. The maximum Gasteiger partial charge on any atom is 0.392 e. The van der Waals surface area contributed by atoms with E-state index >= 15 is 0 Å². The Hall–Kier alpha value is -2.70. The minimum atomic E-state index is -4.38. The second kappa shape index (κ2) is 10.7. The van der Waals surface area contributed by atoms with Crippen LogP contribution in [0.15, 0.2) is 60.7 Å². The summed E-state index contributed by atoms with van der Waals surface area (Å²) in [5.74, 6) is -3.44. The van der Waals surface area contributed by atoms with Crippen LogP contribution in [0.3, 0.4) is 0 Å². The van der Waals surface area contributed by atoms with E-state index in [1.54, 1.807) is 48.5 Å². The first kappa shape index (κ1) is 25.9. The molecule has 3 aromatic carbocycles. The number of rotatable bonds is 8. The molecule has 0 amide bonds. The first-order valence-corrected chi connectivity index (χ1v) is 11.4. The van der Waals surface area contributed by atoms with Crippen LogP contribution in [0.4, 0.5) is 18.9 Å². The maximum atomic E-state index is 13.6. The lowest BCUT2D eigenvalue weighted by Gasteiger charge is -2.27. The van der Waals surface area contributed by atoms with Gasteiger partial charge in [-0.3, -0.25) is 4.79 Å². The number of carbonyl (C=O) groups is 1. The summed E-state index contributed by atoms with van der Waals surface area (Å²) in [5, 5.41) is 13.1. The van der Waals surface area contributed by atoms with Gasteiger partial charge in [0.05, 0.1) is 23.0 Å². The van der Waals surface area contributed by atoms with Crippen LogP contribution in [0.25, 0.3) is 11.1 Å². The molecule has 3 nitrogen and oxygen atoms in total. The Balaban J connectivity index is 1.93. The first-order chi connectivity index (χ1) is 16.0. The molecule has 2 atom stereocenters. The summed E-state index contributed by atoms with van der Waals surface area (Å²) in [5.41, 5.74) is 4.03. The van der Waals surface area contributed by atoms with Crippen molar-refractivity contribution in [3.05, 3.63) is 87.4 Å². The number of hydrogen-bond donors (Lipinski definition) is 2. The topological polar surface area (TPSA) is 49.3 Å². The molecule has 0 aliphatic heterocycles. The van der Waals surface area contributed by atoms with Crippen LogP contribution < -0.4 is 5.32 Å². The molecule has 8 heteroatoms. The normalized spacial score (nSPS) is 13.4. The molecule has 0 fully saturated rings. The lowest BCUT2D eigenvalue weighted by molar-refractivity contribution is -0.174. The number of halogens is 5. The highest BCUT2D eigenvalue weighted by Crippen LogP contribution is 2.39. The van der Waals surface area contributed by atoms with E-state index < -0.39 is 24.0 Å². The average molecular weight is 510 g/mol. The molecule has 0 aromatic heterocycles. The summed E-state index contributed by atoms with van der Waals surface area (Å²) in [7, 11) is 0. The predicted molar refractivity (Wildman–Crippen MR) is 131 cm³/mol. The number of alkyl halides is 3. The summed E-state index contributed by atoms with van der Waals surface area (Å²) in [6, 6.07) is 17.0. The number of anilines is 1. The van der Waals surface area contributed by atoms with Crippen LogP contribution in [0.5, 0.6) is 0 Å². The second-order valence-corrected chi connectivity index (χ2v) is 9.14. The minimum Gasteiger partial charge on any atom is -0.481 e. The zero-order valence-electron chi connectivity index (χ0n) is 18.6. The second-order valence-electron chi connectivity index (χ2n) is 8.29. The summed E-state index contributed by atoms with van der Waals surface area (Å²) in [4.78, 5) is 11.3. The molecule has 0 saturated carbocycles. The average Bonchev–Trinajstić information content (AvgIpc) is 2.76. The molecule has 0 bridgehead atoms. The van der Waals surface area contributed by atoms with E-state index in [4.69, 9.17) is 23.2 Å². The Morgan fingerprint density at radius 3 is 2.32 bits per heavy atom. The Morgan fingerprint density at radius 1 is 1.03 bits per heavy atom. The molecule has 3 rings (SSSR count). The summed E-state index contributed by atoms with van der Waals surface area (Å²) in [6.45, 7) is 3.05. The number of nitrogens with one attached hydrogen (secondary N) is 1. The monoisotopic (exact) mass is 509 g/mol. The fraction of sp³-hybridized carbons (Fsp3) is 0.269. The number of hydrogen-bond acceptors (Lipinski definition) is 2. The summed E-state index contributed by atoms with van der Waals surface area (Å²) >= 11 is 12.3. The molecule has 2 N–H and O–H groups in total. The van der Waals surface area contributed by atoms with Crippen LogP contribution in [-0.2, 0) is 11.2 Å². The van der Waals surface area contributed by atoms with E-state index in [-0.39, 0.29) is 13.0 Å². The van der Waals surface area contributed by atoms with Crippen LogP contribution >= 0.6 is 23.2 Å². The molecule has 0 spiro atoms. The molecule has 34 heavy (non-hydrogen) atoms. The van der Waals surface area contributed by atoms with E-state index in [9.17, 15) is 23.1 Å². The molecular weight excluding hydrogens is 486 g/mol. The van der Waals surface area contributed by atoms with Gasteiger partial charge in [-0.1, -0.05) is 72.1 Å². The third kappa shape index (κ3) is 6.45. The molecule has 0 saturated heterocycles. The van der Waals surface area contributed by atoms with Crippen LogP contribution in [0.1, 0.15) is 29.5 Å². The highest BCUT2D eigenvalue weighted by atomic mass is 35.5.